The van der Waals surface area contributed by atoms with E-state index in [1.54, 1.807) is 0 Å². The van der Waals surface area contributed by atoms with Crippen LogP contribution in [0.5, 0.6) is 0 Å². The van der Waals surface area contributed by atoms with Gasteiger partial charge in [-0.3, -0.25) is 9.69 Å². The first-order valence-electron chi connectivity index (χ1n) is 6.69. The molecule has 0 N–H and O–H groups in total. The van der Waals surface area contributed by atoms with Gasteiger partial charge in [-0.1, -0.05) is 6.92 Å². The summed E-state index contributed by atoms with van der Waals surface area (Å²) in [5, 5.41) is 0. The van der Waals surface area contributed by atoms with E-state index < -0.39 is 11.6 Å². The van der Waals surface area contributed by atoms with Crippen LogP contribution < -0.4 is 0 Å². The molecule has 1 aliphatic rings. The Morgan fingerprint density at radius 3 is 2.74 bits per heavy atom. The maximum Gasteiger partial charge on any atom is 0.179 e. The second-order valence-corrected chi connectivity index (χ2v) is 5.51. The van der Waals surface area contributed by atoms with Crippen LogP contribution in [-0.4, -0.2) is 29.8 Å². The van der Waals surface area contributed by atoms with Crippen LogP contribution >= 0.6 is 0 Å². The van der Waals surface area contributed by atoms with E-state index in [0.29, 0.717) is 12.0 Å². The van der Waals surface area contributed by atoms with Gasteiger partial charge in [0.1, 0.15) is 11.6 Å². The summed E-state index contributed by atoms with van der Waals surface area (Å²) in [6.45, 7) is 5.30. The molecule has 2 nitrogen and oxygen atoms in total. The number of ketones is 1. The molecule has 2 unspecified atom stereocenters. The molecule has 4 heteroatoms. The second kappa shape index (κ2) is 5.78. The smallest absolute Gasteiger partial charge is 0.179 e. The van der Waals surface area contributed by atoms with Crippen molar-refractivity contribution in [3.63, 3.8) is 0 Å². The summed E-state index contributed by atoms with van der Waals surface area (Å²) in [6.07, 6.45) is 2.22. The lowest BCUT2D eigenvalue weighted by Gasteiger charge is -2.36. The number of nitrogens with zero attached hydrogens (tertiary/aromatic N) is 1. The molecule has 1 saturated heterocycles. The third-order valence-corrected chi connectivity index (χ3v) is 3.83. The van der Waals surface area contributed by atoms with E-state index in [2.05, 4.69) is 18.7 Å². The van der Waals surface area contributed by atoms with Crippen molar-refractivity contribution >= 4 is 5.78 Å². The van der Waals surface area contributed by atoms with E-state index in [0.717, 1.165) is 31.5 Å². The fraction of sp³-hybridized carbons (Fsp3) is 0.533. The molecule has 0 aromatic heterocycles. The Kier molecular flexibility index (Phi) is 4.30. The van der Waals surface area contributed by atoms with Crippen molar-refractivity contribution in [3.8, 4) is 0 Å². The van der Waals surface area contributed by atoms with E-state index in [4.69, 9.17) is 0 Å². The highest BCUT2D eigenvalue weighted by atomic mass is 19.1. The Morgan fingerprint density at radius 2 is 2.05 bits per heavy atom. The van der Waals surface area contributed by atoms with Crippen LogP contribution in [0.1, 0.15) is 37.0 Å². The average molecular weight is 267 g/mol. The standard InChI is InChI=1S/C15H19F2NO/c1-10-3-4-11(2)18(8-10)9-15(19)13-6-5-12(16)7-14(13)17/h5-7,10-11H,3-4,8-9H2,1-2H3. The van der Waals surface area contributed by atoms with Crippen molar-refractivity contribution in [1.29, 1.82) is 0 Å². The summed E-state index contributed by atoms with van der Waals surface area (Å²) in [7, 11) is 0. The number of piperidine rings is 1. The molecule has 1 aromatic carbocycles. The fourth-order valence-corrected chi connectivity index (χ4v) is 2.59. The average Bonchev–Trinajstić information content (AvgIpc) is 2.33. The van der Waals surface area contributed by atoms with Gasteiger partial charge in [0.05, 0.1) is 12.1 Å². The number of hydrogen-bond donors (Lipinski definition) is 0. The van der Waals surface area contributed by atoms with Gasteiger partial charge in [0.15, 0.2) is 5.78 Å². The monoisotopic (exact) mass is 267 g/mol. The van der Waals surface area contributed by atoms with Crippen LogP contribution in [0.15, 0.2) is 18.2 Å². The molecular formula is C15H19F2NO. The first-order chi connectivity index (χ1) is 8.97. The van der Waals surface area contributed by atoms with Gasteiger partial charge in [0.2, 0.25) is 0 Å². The third-order valence-electron chi connectivity index (χ3n) is 3.83. The van der Waals surface area contributed by atoms with Gasteiger partial charge < -0.3 is 0 Å². The molecule has 0 saturated carbocycles. The summed E-state index contributed by atoms with van der Waals surface area (Å²) in [6, 6.07) is 3.45. The van der Waals surface area contributed by atoms with Crippen LogP contribution in [0.2, 0.25) is 0 Å². The molecule has 2 atom stereocenters. The van der Waals surface area contributed by atoms with Crippen LogP contribution in [0.4, 0.5) is 8.78 Å². The highest BCUT2D eigenvalue weighted by molar-refractivity contribution is 5.97. The van der Waals surface area contributed by atoms with Crippen LogP contribution in [0, 0.1) is 17.6 Å². The number of carbonyl (C=O) groups excluding carboxylic acids is 1. The van der Waals surface area contributed by atoms with Gasteiger partial charge in [0.25, 0.3) is 0 Å². The van der Waals surface area contributed by atoms with Crippen molar-refractivity contribution < 1.29 is 13.6 Å². The third kappa shape index (κ3) is 3.38. The molecule has 104 valence electrons. The van der Waals surface area contributed by atoms with Gasteiger partial charge in [0, 0.05) is 18.7 Å². The minimum Gasteiger partial charge on any atom is -0.293 e. The first-order valence-corrected chi connectivity index (χ1v) is 6.69. The quantitative estimate of drug-likeness (QED) is 0.783. The first kappa shape index (κ1) is 14.1. The zero-order chi connectivity index (χ0) is 14.0. The van der Waals surface area contributed by atoms with Gasteiger partial charge in [-0.15, -0.1) is 0 Å². The fourth-order valence-electron chi connectivity index (χ4n) is 2.59. The zero-order valence-corrected chi connectivity index (χ0v) is 11.3. The molecule has 0 aliphatic carbocycles. The number of hydrogen-bond acceptors (Lipinski definition) is 2. The molecule has 1 aliphatic heterocycles. The maximum atomic E-state index is 13.5. The zero-order valence-electron chi connectivity index (χ0n) is 11.3. The van der Waals surface area contributed by atoms with E-state index in [9.17, 15) is 13.6 Å². The van der Waals surface area contributed by atoms with Crippen molar-refractivity contribution in [3.05, 3.63) is 35.4 Å². The van der Waals surface area contributed by atoms with Gasteiger partial charge in [-0.05, 0) is 37.8 Å². The second-order valence-electron chi connectivity index (χ2n) is 5.51. The number of rotatable bonds is 3. The lowest BCUT2D eigenvalue weighted by Crippen LogP contribution is -2.43. The van der Waals surface area contributed by atoms with Crippen LogP contribution in [-0.2, 0) is 0 Å². The predicted octanol–water partition coefficient (Wildman–Crippen LogP) is 3.27. The van der Waals surface area contributed by atoms with Gasteiger partial charge >= 0.3 is 0 Å². The molecule has 2 rings (SSSR count). The largest absolute Gasteiger partial charge is 0.293 e. The Balaban J connectivity index is 2.07. The van der Waals surface area contributed by atoms with Crippen molar-refractivity contribution in [2.75, 3.05) is 13.1 Å². The number of halogens is 2. The lowest BCUT2D eigenvalue weighted by molar-refractivity contribution is 0.0801. The maximum absolute atomic E-state index is 13.5. The Hall–Kier alpha value is -1.29. The molecule has 0 bridgehead atoms. The van der Waals surface area contributed by atoms with E-state index in [-0.39, 0.29) is 17.9 Å². The Bertz CT molecular complexity index is 475. The Labute approximate surface area is 112 Å². The summed E-state index contributed by atoms with van der Waals surface area (Å²) >= 11 is 0. The highest BCUT2D eigenvalue weighted by Crippen LogP contribution is 2.22. The molecule has 0 spiro atoms. The molecule has 1 fully saturated rings. The van der Waals surface area contributed by atoms with Crippen molar-refractivity contribution in [2.45, 2.75) is 32.7 Å². The van der Waals surface area contributed by atoms with E-state index >= 15 is 0 Å². The van der Waals surface area contributed by atoms with E-state index in [1.165, 1.54) is 6.07 Å². The summed E-state index contributed by atoms with van der Waals surface area (Å²) in [5.74, 6) is -1.16. The van der Waals surface area contributed by atoms with Gasteiger partial charge in [-0.2, -0.15) is 0 Å². The SMILES string of the molecule is CC1CCC(C)N(CC(=O)c2ccc(F)cc2F)C1. The summed E-state index contributed by atoms with van der Waals surface area (Å²) in [4.78, 5) is 14.2. The van der Waals surface area contributed by atoms with Gasteiger partial charge in [-0.25, -0.2) is 8.78 Å². The molecule has 1 heterocycles. The minimum atomic E-state index is -0.775. The van der Waals surface area contributed by atoms with Crippen molar-refractivity contribution in [2.24, 2.45) is 5.92 Å². The molecule has 0 amide bonds. The summed E-state index contributed by atoms with van der Waals surface area (Å²) in [5.41, 5.74) is -0.0215. The Morgan fingerprint density at radius 1 is 1.32 bits per heavy atom. The number of carbonyl (C=O) groups is 1. The van der Waals surface area contributed by atoms with Crippen molar-refractivity contribution in [1.82, 2.24) is 4.90 Å². The molecule has 1 aromatic rings. The minimum absolute atomic E-state index is 0.0215. The van der Waals surface area contributed by atoms with Crippen LogP contribution in [0.25, 0.3) is 0 Å². The number of benzene rings is 1. The molecular weight excluding hydrogens is 248 g/mol. The lowest BCUT2D eigenvalue weighted by atomic mass is 9.94. The predicted molar refractivity (Wildman–Crippen MR) is 70.1 cm³/mol. The molecule has 19 heavy (non-hydrogen) atoms. The highest BCUT2D eigenvalue weighted by Gasteiger charge is 2.25. The van der Waals surface area contributed by atoms with Crippen LogP contribution in [0.3, 0.4) is 0 Å². The number of Topliss-reactive ketones (excluding diaryl/α,β-unsaturated/α-hetero) is 1. The number of likely N-dealkylation sites (tertiary alicyclic amines) is 1. The topological polar surface area (TPSA) is 20.3 Å². The normalized spacial score (nSPS) is 24.4. The summed E-state index contributed by atoms with van der Waals surface area (Å²) < 4.78 is 26.4. The van der Waals surface area contributed by atoms with E-state index in [1.807, 2.05) is 0 Å². The molecule has 0 radical (unpaired) electrons.